The van der Waals surface area contributed by atoms with E-state index in [2.05, 4.69) is 10.2 Å². The van der Waals surface area contributed by atoms with E-state index < -0.39 is 35.6 Å². The first-order valence-corrected chi connectivity index (χ1v) is 13.9. The van der Waals surface area contributed by atoms with Crippen LogP contribution in [0.3, 0.4) is 0 Å². The summed E-state index contributed by atoms with van der Waals surface area (Å²) in [7, 11) is 0. The summed E-state index contributed by atoms with van der Waals surface area (Å²) in [5, 5.41) is 13.5. The molecule has 0 aliphatic carbocycles. The van der Waals surface area contributed by atoms with Crippen LogP contribution in [0.2, 0.25) is 0 Å². The Morgan fingerprint density at radius 3 is 2.26 bits per heavy atom. The van der Waals surface area contributed by atoms with Crippen molar-refractivity contribution in [2.24, 2.45) is 11.3 Å². The van der Waals surface area contributed by atoms with E-state index in [9.17, 15) is 24.3 Å². The molecule has 214 valence electrons. The summed E-state index contributed by atoms with van der Waals surface area (Å²) >= 11 is 0. The molecule has 3 amide bonds. The number of aliphatic hydroxyl groups is 1. The van der Waals surface area contributed by atoms with E-state index in [-0.39, 0.29) is 30.1 Å². The van der Waals surface area contributed by atoms with Crippen molar-refractivity contribution in [3.63, 3.8) is 0 Å². The number of nitrogens with one attached hydrogen (secondary N) is 1. The van der Waals surface area contributed by atoms with Crippen molar-refractivity contribution in [2.75, 3.05) is 44.3 Å². The first-order valence-electron chi connectivity index (χ1n) is 13.9. The van der Waals surface area contributed by atoms with Gasteiger partial charge in [0.25, 0.3) is 11.8 Å². The van der Waals surface area contributed by atoms with Gasteiger partial charge in [-0.25, -0.2) is 0 Å². The Labute approximate surface area is 230 Å². The minimum absolute atomic E-state index is 0.123. The Morgan fingerprint density at radius 2 is 1.67 bits per heavy atom. The third-order valence-corrected chi connectivity index (χ3v) is 7.86. The van der Waals surface area contributed by atoms with E-state index in [1.165, 1.54) is 9.80 Å². The molecule has 1 aromatic carbocycles. The van der Waals surface area contributed by atoms with E-state index in [0.29, 0.717) is 38.2 Å². The Balaban J connectivity index is 1.46. The number of hydrogen-bond acceptors (Lipinski definition) is 7. The summed E-state index contributed by atoms with van der Waals surface area (Å²) in [6.07, 6.45) is -0.364. The molecule has 3 heterocycles. The molecule has 10 heteroatoms. The summed E-state index contributed by atoms with van der Waals surface area (Å²) in [6, 6.07) is 5.30. The van der Waals surface area contributed by atoms with Crippen LogP contribution < -0.4 is 10.2 Å². The van der Waals surface area contributed by atoms with Crippen LogP contribution >= 0.6 is 0 Å². The van der Waals surface area contributed by atoms with Gasteiger partial charge in [-0.05, 0) is 48.4 Å². The molecule has 0 radical (unpaired) electrons. The Kier molecular flexibility index (Phi) is 8.66. The van der Waals surface area contributed by atoms with Crippen LogP contribution in [0, 0.1) is 11.3 Å². The normalized spacial score (nSPS) is 23.2. The number of aliphatic hydroxyl groups excluding tert-OH is 1. The Morgan fingerprint density at radius 1 is 1.03 bits per heavy atom. The van der Waals surface area contributed by atoms with Crippen LogP contribution in [0.1, 0.15) is 57.8 Å². The maximum absolute atomic E-state index is 13.8. The molecule has 3 saturated heterocycles. The lowest BCUT2D eigenvalue weighted by molar-refractivity contribution is -0.147. The first kappa shape index (κ1) is 29.0. The monoisotopic (exact) mass is 542 g/mol. The SMILES string of the molecule is CC(C)CC(NC(=O)c1ccc(N2CCOCC2)cc1)C(=O)N1CCC2C1C(=O)CN2C(=O)C(O)C(C)(C)C. The number of likely N-dealkylation sites (tertiary alicyclic amines) is 2. The number of amides is 3. The number of rotatable bonds is 7. The molecule has 3 fully saturated rings. The van der Waals surface area contributed by atoms with Crippen molar-refractivity contribution in [1.82, 2.24) is 15.1 Å². The van der Waals surface area contributed by atoms with Crippen LogP contribution in [0.5, 0.6) is 0 Å². The zero-order valence-corrected chi connectivity index (χ0v) is 23.7. The van der Waals surface area contributed by atoms with E-state index in [1.54, 1.807) is 32.9 Å². The molecule has 0 spiro atoms. The van der Waals surface area contributed by atoms with Gasteiger partial charge in [-0.1, -0.05) is 34.6 Å². The first-order chi connectivity index (χ1) is 18.4. The smallest absolute Gasteiger partial charge is 0.252 e. The van der Waals surface area contributed by atoms with Crippen molar-refractivity contribution in [3.8, 4) is 0 Å². The number of ether oxygens (including phenoxy) is 1. The molecule has 3 aliphatic heterocycles. The van der Waals surface area contributed by atoms with E-state index in [4.69, 9.17) is 4.74 Å². The number of fused-ring (bicyclic) bond motifs is 1. The highest BCUT2D eigenvalue weighted by Gasteiger charge is 2.53. The number of morpholine rings is 1. The van der Waals surface area contributed by atoms with Gasteiger partial charge in [-0.15, -0.1) is 0 Å². The molecule has 0 saturated carbocycles. The van der Waals surface area contributed by atoms with Crippen molar-refractivity contribution in [3.05, 3.63) is 29.8 Å². The second-order valence-corrected chi connectivity index (χ2v) is 12.3. The predicted molar refractivity (Wildman–Crippen MR) is 146 cm³/mol. The standard InChI is InChI=1S/C29H42N4O6/c1-18(2)16-21(30-26(36)19-6-8-20(9-7-19)31-12-14-39-15-13-31)27(37)32-11-10-22-24(32)23(34)17-33(22)28(38)25(35)29(3,4)5/h6-9,18,21-22,24-25,35H,10-17H2,1-5H3,(H,30,36). The number of benzene rings is 1. The molecular weight excluding hydrogens is 500 g/mol. The number of nitrogens with zero attached hydrogens (tertiary/aromatic N) is 3. The molecule has 4 rings (SSSR count). The summed E-state index contributed by atoms with van der Waals surface area (Å²) in [5.41, 5.74) is 0.806. The minimum atomic E-state index is -1.24. The average molecular weight is 543 g/mol. The summed E-state index contributed by atoms with van der Waals surface area (Å²) in [4.78, 5) is 58.2. The van der Waals surface area contributed by atoms with Crippen molar-refractivity contribution in [1.29, 1.82) is 0 Å². The lowest BCUT2D eigenvalue weighted by Gasteiger charge is -2.31. The molecule has 4 unspecified atom stereocenters. The highest BCUT2D eigenvalue weighted by molar-refractivity contribution is 6.01. The van der Waals surface area contributed by atoms with Crippen LogP contribution in [0.15, 0.2) is 24.3 Å². The lowest BCUT2D eigenvalue weighted by Crippen LogP contribution is -2.53. The fourth-order valence-corrected chi connectivity index (χ4v) is 5.67. The summed E-state index contributed by atoms with van der Waals surface area (Å²) in [6.45, 7) is 12.4. The molecule has 39 heavy (non-hydrogen) atoms. The predicted octanol–water partition coefficient (Wildman–Crippen LogP) is 1.46. The lowest BCUT2D eigenvalue weighted by atomic mass is 9.88. The molecular formula is C29H42N4O6. The van der Waals surface area contributed by atoms with Gasteiger partial charge in [-0.2, -0.15) is 0 Å². The van der Waals surface area contributed by atoms with Crippen molar-refractivity contribution < 1.29 is 29.0 Å². The van der Waals surface area contributed by atoms with Gasteiger partial charge >= 0.3 is 0 Å². The van der Waals surface area contributed by atoms with Gasteiger partial charge in [0.05, 0.1) is 25.8 Å². The number of carbonyl (C=O) groups is 4. The topological polar surface area (TPSA) is 119 Å². The molecule has 4 atom stereocenters. The van der Waals surface area contributed by atoms with Crippen LogP contribution in [0.4, 0.5) is 5.69 Å². The Bertz CT molecular complexity index is 1080. The summed E-state index contributed by atoms with van der Waals surface area (Å²) < 4.78 is 5.40. The Hall–Kier alpha value is -2.98. The third kappa shape index (κ3) is 6.27. The van der Waals surface area contributed by atoms with Crippen LogP contribution in [-0.2, 0) is 19.1 Å². The van der Waals surface area contributed by atoms with Crippen molar-refractivity contribution in [2.45, 2.75) is 71.7 Å². The van der Waals surface area contributed by atoms with E-state index >= 15 is 0 Å². The summed E-state index contributed by atoms with van der Waals surface area (Å²) in [5.74, 6) is -1.23. The van der Waals surface area contributed by atoms with Crippen molar-refractivity contribution >= 4 is 29.2 Å². The van der Waals surface area contributed by atoms with Gasteiger partial charge in [-0.3, -0.25) is 19.2 Å². The van der Waals surface area contributed by atoms with Crippen LogP contribution in [0.25, 0.3) is 0 Å². The van der Waals surface area contributed by atoms with E-state index in [0.717, 1.165) is 18.8 Å². The van der Waals surface area contributed by atoms with Gasteiger partial charge in [0, 0.05) is 30.9 Å². The fourth-order valence-electron chi connectivity index (χ4n) is 5.67. The largest absolute Gasteiger partial charge is 0.383 e. The van der Waals surface area contributed by atoms with Gasteiger partial charge < -0.3 is 29.9 Å². The zero-order chi connectivity index (χ0) is 28.5. The molecule has 1 aromatic rings. The number of carbonyl (C=O) groups excluding carboxylic acids is 4. The number of Topliss-reactive ketones (excluding diaryl/α,β-unsaturated/α-hetero) is 1. The molecule has 0 bridgehead atoms. The third-order valence-electron chi connectivity index (χ3n) is 7.86. The minimum Gasteiger partial charge on any atom is -0.383 e. The van der Waals surface area contributed by atoms with Gasteiger partial charge in [0.15, 0.2) is 5.78 Å². The quantitative estimate of drug-likeness (QED) is 0.535. The molecule has 10 nitrogen and oxygen atoms in total. The fraction of sp³-hybridized carbons (Fsp3) is 0.655. The second kappa shape index (κ2) is 11.6. The van der Waals surface area contributed by atoms with Gasteiger partial charge in [0.2, 0.25) is 5.91 Å². The maximum atomic E-state index is 13.8. The zero-order valence-electron chi connectivity index (χ0n) is 23.7. The maximum Gasteiger partial charge on any atom is 0.252 e. The van der Waals surface area contributed by atoms with Gasteiger partial charge in [0.1, 0.15) is 18.2 Å². The highest BCUT2D eigenvalue weighted by Crippen LogP contribution is 2.33. The average Bonchev–Trinajstić information content (AvgIpc) is 3.48. The number of ketones is 1. The van der Waals surface area contributed by atoms with E-state index in [1.807, 2.05) is 26.0 Å². The molecule has 0 aromatic heterocycles. The molecule has 2 N–H and O–H groups in total. The number of hydrogen-bond donors (Lipinski definition) is 2. The van der Waals surface area contributed by atoms with Crippen LogP contribution in [-0.4, -0.2) is 102 Å². The second-order valence-electron chi connectivity index (χ2n) is 12.3. The number of anilines is 1. The highest BCUT2D eigenvalue weighted by atomic mass is 16.5. The molecule has 3 aliphatic rings.